The van der Waals surface area contributed by atoms with Crippen LogP contribution in [-0.2, 0) is 13.1 Å². The fourth-order valence-corrected chi connectivity index (χ4v) is 4.59. The van der Waals surface area contributed by atoms with Crippen molar-refractivity contribution < 1.29 is 13.9 Å². The highest BCUT2D eigenvalue weighted by Gasteiger charge is 2.18. The Balaban J connectivity index is 1.61. The van der Waals surface area contributed by atoms with Gasteiger partial charge in [0, 0.05) is 30.6 Å². The molecular formula is C23H20ClFN4O4S. The van der Waals surface area contributed by atoms with E-state index < -0.39 is 17.1 Å². The maximum absolute atomic E-state index is 13.5. The monoisotopic (exact) mass is 502 g/mol. The highest BCUT2D eigenvalue weighted by molar-refractivity contribution is 7.19. The maximum atomic E-state index is 13.5. The number of hydrogen-bond acceptors (Lipinski definition) is 6. The van der Waals surface area contributed by atoms with Crippen molar-refractivity contribution in [2.24, 2.45) is 0 Å². The topological polar surface area (TPSA) is 94.7 Å². The molecule has 0 saturated carbocycles. The molecule has 4 rings (SSSR count). The predicted molar refractivity (Wildman–Crippen MR) is 128 cm³/mol. The van der Waals surface area contributed by atoms with Crippen molar-refractivity contribution in [3.05, 3.63) is 96.0 Å². The zero-order chi connectivity index (χ0) is 24.4. The lowest BCUT2D eigenvalue weighted by Crippen LogP contribution is -2.38. The number of aryl methyl sites for hydroxylation is 1. The van der Waals surface area contributed by atoms with Crippen LogP contribution in [0.2, 0.25) is 5.02 Å². The van der Waals surface area contributed by atoms with E-state index in [2.05, 4.69) is 10.3 Å². The van der Waals surface area contributed by atoms with Gasteiger partial charge in [0.25, 0.3) is 11.5 Å². The second-order valence-corrected chi connectivity index (χ2v) is 8.87. The molecule has 1 amide bonds. The second-order valence-electron chi connectivity index (χ2n) is 7.44. The molecule has 0 spiro atoms. The highest BCUT2D eigenvalue weighted by Crippen LogP contribution is 2.20. The third-order valence-corrected chi connectivity index (χ3v) is 6.59. The standard InChI is InChI=1S/C23H20ClFN4O4S/c1-3-33-19-9-14(6-7-26-19)10-27-20(30)18-12-29-22(34-18)13(2)21(31)28(23(29)32)11-15-4-5-17(25)16(24)8-15/h4-9,12H,3,10-11H2,1-2H3,(H,27,30). The molecule has 0 bridgehead atoms. The number of pyridine rings is 1. The van der Waals surface area contributed by atoms with E-state index in [0.717, 1.165) is 21.5 Å². The van der Waals surface area contributed by atoms with Crippen molar-refractivity contribution in [2.45, 2.75) is 26.9 Å². The van der Waals surface area contributed by atoms with Gasteiger partial charge < -0.3 is 10.1 Å². The third kappa shape index (κ3) is 4.73. The van der Waals surface area contributed by atoms with Gasteiger partial charge in [-0.2, -0.15) is 0 Å². The number of benzene rings is 1. The number of hydrogen-bond donors (Lipinski definition) is 1. The normalized spacial score (nSPS) is 11.1. The minimum Gasteiger partial charge on any atom is -0.478 e. The molecule has 0 radical (unpaired) electrons. The largest absolute Gasteiger partial charge is 0.478 e. The van der Waals surface area contributed by atoms with E-state index in [4.69, 9.17) is 16.3 Å². The number of rotatable bonds is 7. The molecule has 1 N–H and O–H groups in total. The summed E-state index contributed by atoms with van der Waals surface area (Å²) < 4.78 is 21.1. The van der Waals surface area contributed by atoms with E-state index in [0.29, 0.717) is 28.4 Å². The molecule has 0 fully saturated rings. The van der Waals surface area contributed by atoms with Crippen LogP contribution in [0.4, 0.5) is 4.39 Å². The molecule has 11 heteroatoms. The number of carbonyl (C=O) groups is 1. The molecule has 3 heterocycles. The highest BCUT2D eigenvalue weighted by atomic mass is 35.5. The number of carbonyl (C=O) groups excluding carboxylic acids is 1. The van der Waals surface area contributed by atoms with E-state index in [-0.39, 0.29) is 28.9 Å². The number of fused-ring (bicyclic) bond motifs is 1. The number of aromatic nitrogens is 3. The summed E-state index contributed by atoms with van der Waals surface area (Å²) >= 11 is 6.88. The van der Waals surface area contributed by atoms with Crippen molar-refractivity contribution in [2.75, 3.05) is 6.61 Å². The van der Waals surface area contributed by atoms with Crippen LogP contribution in [0.1, 0.15) is 33.3 Å². The van der Waals surface area contributed by atoms with Gasteiger partial charge in [0.05, 0.1) is 18.2 Å². The summed E-state index contributed by atoms with van der Waals surface area (Å²) in [6.45, 7) is 4.09. The van der Waals surface area contributed by atoms with Gasteiger partial charge in [0.15, 0.2) is 0 Å². The van der Waals surface area contributed by atoms with Crippen molar-refractivity contribution in [1.29, 1.82) is 0 Å². The number of thiazole rings is 1. The van der Waals surface area contributed by atoms with E-state index in [9.17, 15) is 18.8 Å². The quantitative estimate of drug-likeness (QED) is 0.418. The first-order valence-corrected chi connectivity index (χ1v) is 11.5. The Morgan fingerprint density at radius 2 is 2.03 bits per heavy atom. The van der Waals surface area contributed by atoms with E-state index >= 15 is 0 Å². The Hall–Kier alpha value is -3.50. The summed E-state index contributed by atoms with van der Waals surface area (Å²) in [6, 6.07) is 7.50. The molecular weight excluding hydrogens is 483 g/mol. The lowest BCUT2D eigenvalue weighted by molar-refractivity contribution is 0.0954. The molecule has 0 atom stereocenters. The fraction of sp³-hybridized carbons (Fsp3) is 0.217. The van der Waals surface area contributed by atoms with E-state index in [1.165, 1.54) is 28.8 Å². The van der Waals surface area contributed by atoms with Crippen LogP contribution >= 0.6 is 22.9 Å². The summed E-state index contributed by atoms with van der Waals surface area (Å²) in [5.74, 6) is -0.504. The van der Waals surface area contributed by atoms with Gasteiger partial charge in [-0.3, -0.25) is 18.6 Å². The molecule has 0 aliphatic rings. The average Bonchev–Trinajstić information content (AvgIpc) is 3.28. The molecule has 34 heavy (non-hydrogen) atoms. The molecule has 3 aromatic heterocycles. The summed E-state index contributed by atoms with van der Waals surface area (Å²) in [7, 11) is 0. The first-order valence-electron chi connectivity index (χ1n) is 10.3. The Morgan fingerprint density at radius 1 is 1.24 bits per heavy atom. The molecule has 0 aliphatic carbocycles. The van der Waals surface area contributed by atoms with Crippen molar-refractivity contribution >= 4 is 33.7 Å². The van der Waals surface area contributed by atoms with Gasteiger partial charge in [-0.25, -0.2) is 14.2 Å². The molecule has 0 unspecified atom stereocenters. The van der Waals surface area contributed by atoms with Crippen LogP contribution in [0.3, 0.4) is 0 Å². The molecule has 1 aromatic carbocycles. The SMILES string of the molecule is CCOc1cc(CNC(=O)c2cn3c(=O)n(Cc4ccc(F)c(Cl)c4)c(=O)c(C)c3s2)ccn1. The maximum Gasteiger partial charge on any atom is 0.336 e. The summed E-state index contributed by atoms with van der Waals surface area (Å²) in [4.78, 5) is 43.4. The number of nitrogens with zero attached hydrogens (tertiary/aromatic N) is 3. The zero-order valence-corrected chi connectivity index (χ0v) is 19.9. The lowest BCUT2D eigenvalue weighted by Gasteiger charge is -2.08. The number of halogens is 2. The molecule has 4 aromatic rings. The van der Waals surface area contributed by atoms with Gasteiger partial charge in [-0.15, -0.1) is 11.3 Å². The lowest BCUT2D eigenvalue weighted by atomic mass is 10.2. The van der Waals surface area contributed by atoms with Crippen LogP contribution in [0.15, 0.2) is 52.3 Å². The second kappa shape index (κ2) is 9.78. The van der Waals surface area contributed by atoms with Gasteiger partial charge in [-0.05, 0) is 43.2 Å². The van der Waals surface area contributed by atoms with Crippen LogP contribution in [-0.4, -0.2) is 26.5 Å². The first kappa shape index (κ1) is 23.7. The van der Waals surface area contributed by atoms with Crippen molar-refractivity contribution in [3.63, 3.8) is 0 Å². The van der Waals surface area contributed by atoms with Crippen LogP contribution in [0, 0.1) is 12.7 Å². The zero-order valence-electron chi connectivity index (χ0n) is 18.3. The Kier molecular flexibility index (Phi) is 6.80. The Bertz CT molecular complexity index is 1510. The summed E-state index contributed by atoms with van der Waals surface area (Å²) in [5.41, 5.74) is 0.546. The van der Waals surface area contributed by atoms with Gasteiger partial charge in [0.1, 0.15) is 15.5 Å². The number of ether oxygens (including phenoxy) is 1. The molecule has 8 nitrogen and oxygen atoms in total. The minimum absolute atomic E-state index is 0.0803. The first-order chi connectivity index (χ1) is 16.3. The van der Waals surface area contributed by atoms with Crippen molar-refractivity contribution in [3.8, 4) is 5.88 Å². The number of nitrogens with one attached hydrogen (secondary N) is 1. The van der Waals surface area contributed by atoms with Gasteiger partial charge in [0.2, 0.25) is 5.88 Å². The van der Waals surface area contributed by atoms with Gasteiger partial charge in [-0.1, -0.05) is 17.7 Å². The Labute approximate surface area is 202 Å². The van der Waals surface area contributed by atoms with Crippen LogP contribution in [0.25, 0.3) is 4.83 Å². The minimum atomic E-state index is -0.600. The summed E-state index contributed by atoms with van der Waals surface area (Å²) in [6.07, 6.45) is 3.01. The molecule has 176 valence electrons. The average molecular weight is 503 g/mol. The van der Waals surface area contributed by atoms with Crippen LogP contribution in [0.5, 0.6) is 5.88 Å². The third-order valence-electron chi connectivity index (χ3n) is 5.09. The molecule has 0 aliphatic heterocycles. The summed E-state index contributed by atoms with van der Waals surface area (Å²) in [5, 5.41) is 2.71. The van der Waals surface area contributed by atoms with E-state index in [1.54, 1.807) is 25.3 Å². The Morgan fingerprint density at radius 3 is 2.76 bits per heavy atom. The smallest absolute Gasteiger partial charge is 0.336 e. The van der Waals surface area contributed by atoms with Crippen LogP contribution < -0.4 is 21.3 Å². The van der Waals surface area contributed by atoms with Gasteiger partial charge >= 0.3 is 5.69 Å². The number of amides is 1. The fourth-order valence-electron chi connectivity index (χ4n) is 3.39. The molecule has 0 saturated heterocycles. The predicted octanol–water partition coefficient (Wildman–Crippen LogP) is 3.40. The van der Waals surface area contributed by atoms with Crippen molar-refractivity contribution in [1.82, 2.24) is 19.3 Å². The van der Waals surface area contributed by atoms with E-state index in [1.807, 2.05) is 6.92 Å².